The molecule has 1 aromatic heterocycles. The van der Waals surface area contributed by atoms with Crippen LogP contribution in [0.5, 0.6) is 0 Å². The highest BCUT2D eigenvalue weighted by Crippen LogP contribution is 2.31. The Hall–Kier alpha value is -3.06. The van der Waals surface area contributed by atoms with Crippen molar-refractivity contribution in [3.63, 3.8) is 0 Å². The molecule has 0 aliphatic carbocycles. The smallest absolute Gasteiger partial charge is 0.307 e. The lowest BCUT2D eigenvalue weighted by atomic mass is 10.1. The first-order valence-corrected chi connectivity index (χ1v) is 7.88. The Bertz CT molecular complexity index is 929. The second kappa shape index (κ2) is 6.59. The van der Waals surface area contributed by atoms with Gasteiger partial charge in [0.15, 0.2) is 0 Å². The van der Waals surface area contributed by atoms with E-state index in [1.165, 1.54) is 23.5 Å². The number of aliphatic carboxylic acids is 1. The van der Waals surface area contributed by atoms with E-state index in [9.17, 15) is 20.0 Å². The maximum atomic E-state index is 11.2. The summed E-state index contributed by atoms with van der Waals surface area (Å²) in [5, 5.41) is 20.9. The molecule has 0 unspecified atom stereocenters. The predicted molar refractivity (Wildman–Crippen MR) is 92.8 cm³/mol. The molecule has 7 heteroatoms. The molecule has 0 fully saturated rings. The van der Waals surface area contributed by atoms with Gasteiger partial charge in [-0.25, -0.2) is 4.98 Å². The van der Waals surface area contributed by atoms with Gasteiger partial charge >= 0.3 is 5.97 Å². The van der Waals surface area contributed by atoms with Crippen LogP contribution in [0.3, 0.4) is 0 Å². The normalized spacial score (nSPS) is 11.6. The zero-order valence-electron chi connectivity index (χ0n) is 12.4. The fraction of sp³-hybridized carbons (Fsp3) is 0.0588. The molecule has 24 heavy (non-hydrogen) atoms. The largest absolute Gasteiger partial charge is 0.481 e. The summed E-state index contributed by atoms with van der Waals surface area (Å²) in [4.78, 5) is 26.3. The van der Waals surface area contributed by atoms with E-state index in [2.05, 4.69) is 4.98 Å². The van der Waals surface area contributed by atoms with Gasteiger partial charge in [-0.1, -0.05) is 24.3 Å². The summed E-state index contributed by atoms with van der Waals surface area (Å²) in [6, 6.07) is 13.7. The molecule has 0 bridgehead atoms. The Labute approximate surface area is 140 Å². The first kappa shape index (κ1) is 15.8. The SMILES string of the molecule is O=C(O)C/C(=C/c1ccccc1[N+](=O)[O-])c1nc2ccccc2s1. The van der Waals surface area contributed by atoms with Gasteiger partial charge in [-0.15, -0.1) is 11.3 Å². The Morgan fingerprint density at radius 1 is 1.21 bits per heavy atom. The highest BCUT2D eigenvalue weighted by molar-refractivity contribution is 7.19. The number of nitrogens with zero attached hydrogens (tertiary/aromatic N) is 2. The van der Waals surface area contributed by atoms with Crippen molar-refractivity contribution in [3.05, 3.63) is 69.2 Å². The van der Waals surface area contributed by atoms with Crippen LogP contribution in [-0.2, 0) is 4.79 Å². The number of para-hydroxylation sites is 2. The number of carboxylic acids is 1. The van der Waals surface area contributed by atoms with Crippen LogP contribution in [0, 0.1) is 10.1 Å². The van der Waals surface area contributed by atoms with Crippen LogP contribution in [0.15, 0.2) is 48.5 Å². The van der Waals surface area contributed by atoms with E-state index < -0.39 is 10.9 Å². The van der Waals surface area contributed by atoms with Crippen molar-refractivity contribution in [1.29, 1.82) is 0 Å². The van der Waals surface area contributed by atoms with Crippen molar-refractivity contribution in [3.8, 4) is 0 Å². The van der Waals surface area contributed by atoms with Crippen LogP contribution < -0.4 is 0 Å². The molecule has 0 saturated carbocycles. The lowest BCUT2D eigenvalue weighted by molar-refractivity contribution is -0.385. The number of rotatable bonds is 5. The minimum atomic E-state index is -1.01. The van der Waals surface area contributed by atoms with Crippen molar-refractivity contribution < 1.29 is 14.8 Å². The molecule has 6 nitrogen and oxygen atoms in total. The maximum Gasteiger partial charge on any atom is 0.307 e. The minimum Gasteiger partial charge on any atom is -0.481 e. The number of aromatic nitrogens is 1. The summed E-state index contributed by atoms with van der Waals surface area (Å²) in [6.45, 7) is 0. The predicted octanol–water partition coefficient (Wildman–Crippen LogP) is 4.22. The number of carboxylic acid groups (broad SMARTS) is 1. The fourth-order valence-corrected chi connectivity index (χ4v) is 3.30. The van der Waals surface area contributed by atoms with Crippen molar-refractivity contribution in [2.75, 3.05) is 0 Å². The summed E-state index contributed by atoms with van der Waals surface area (Å²) in [5.74, 6) is -1.01. The van der Waals surface area contributed by atoms with Crippen LogP contribution in [0.4, 0.5) is 5.69 Å². The first-order valence-electron chi connectivity index (χ1n) is 7.06. The highest BCUT2D eigenvalue weighted by atomic mass is 32.1. The van der Waals surface area contributed by atoms with E-state index in [1.54, 1.807) is 18.2 Å². The number of hydrogen-bond donors (Lipinski definition) is 1. The summed E-state index contributed by atoms with van der Waals surface area (Å²) in [5.41, 5.74) is 1.51. The third-order valence-corrected chi connectivity index (χ3v) is 4.49. The van der Waals surface area contributed by atoms with Crippen molar-refractivity contribution in [2.45, 2.75) is 6.42 Å². The topological polar surface area (TPSA) is 93.3 Å². The number of hydrogen-bond acceptors (Lipinski definition) is 5. The molecule has 3 rings (SSSR count). The van der Waals surface area contributed by atoms with Gasteiger partial charge in [0.25, 0.3) is 5.69 Å². The lowest BCUT2D eigenvalue weighted by Crippen LogP contribution is -1.98. The molecule has 2 aromatic carbocycles. The second-order valence-electron chi connectivity index (χ2n) is 5.04. The van der Waals surface area contributed by atoms with Gasteiger partial charge in [0.05, 0.1) is 27.1 Å². The van der Waals surface area contributed by atoms with Crippen LogP contribution in [0.2, 0.25) is 0 Å². The lowest BCUT2D eigenvalue weighted by Gasteiger charge is -2.02. The number of carbonyl (C=O) groups is 1. The van der Waals surface area contributed by atoms with E-state index in [1.807, 2.05) is 24.3 Å². The molecule has 0 radical (unpaired) electrons. The number of thiazole rings is 1. The third kappa shape index (κ3) is 3.31. The van der Waals surface area contributed by atoms with Gasteiger partial charge in [0.1, 0.15) is 5.01 Å². The number of fused-ring (bicyclic) bond motifs is 1. The molecule has 3 aromatic rings. The summed E-state index contributed by atoms with van der Waals surface area (Å²) in [6.07, 6.45) is 1.27. The van der Waals surface area contributed by atoms with E-state index in [-0.39, 0.29) is 12.1 Å². The van der Waals surface area contributed by atoms with Crippen molar-refractivity contribution in [2.24, 2.45) is 0 Å². The van der Waals surface area contributed by atoms with Gasteiger partial charge in [-0.3, -0.25) is 14.9 Å². The van der Waals surface area contributed by atoms with Crippen molar-refractivity contribution >= 4 is 44.9 Å². The highest BCUT2D eigenvalue weighted by Gasteiger charge is 2.16. The van der Waals surface area contributed by atoms with Gasteiger partial charge in [0, 0.05) is 6.07 Å². The maximum absolute atomic E-state index is 11.2. The number of nitro groups is 1. The Balaban J connectivity index is 2.13. The quantitative estimate of drug-likeness (QED) is 0.554. The molecule has 0 saturated heterocycles. The molecule has 1 heterocycles. The molecule has 120 valence electrons. The molecule has 0 amide bonds. The van der Waals surface area contributed by atoms with Crippen molar-refractivity contribution in [1.82, 2.24) is 4.98 Å². The Morgan fingerprint density at radius 3 is 2.62 bits per heavy atom. The molecular formula is C17H12N2O4S. The monoisotopic (exact) mass is 340 g/mol. The van der Waals surface area contributed by atoms with Crippen LogP contribution in [0.25, 0.3) is 21.9 Å². The Kier molecular flexibility index (Phi) is 4.35. The molecule has 0 aliphatic rings. The molecule has 0 aliphatic heterocycles. The zero-order chi connectivity index (χ0) is 17.1. The van der Waals surface area contributed by atoms with Gasteiger partial charge in [0.2, 0.25) is 0 Å². The molecular weight excluding hydrogens is 328 g/mol. The minimum absolute atomic E-state index is 0.0681. The second-order valence-corrected chi connectivity index (χ2v) is 6.07. The van der Waals surface area contributed by atoms with Crippen LogP contribution in [0.1, 0.15) is 17.0 Å². The van der Waals surface area contributed by atoms with E-state index in [0.29, 0.717) is 16.1 Å². The molecule has 0 spiro atoms. The Morgan fingerprint density at radius 2 is 1.92 bits per heavy atom. The average Bonchev–Trinajstić information content (AvgIpc) is 2.98. The van der Waals surface area contributed by atoms with E-state index in [4.69, 9.17) is 0 Å². The zero-order valence-corrected chi connectivity index (χ0v) is 13.2. The third-order valence-electron chi connectivity index (χ3n) is 3.37. The van der Waals surface area contributed by atoms with Gasteiger partial charge in [-0.05, 0) is 29.8 Å². The standard InChI is InChI=1S/C17H12N2O4S/c20-16(21)10-12(9-11-5-1-3-7-14(11)19(22)23)17-18-13-6-2-4-8-15(13)24-17/h1-9H,10H2,(H,20,21)/b12-9-. The van der Waals surface area contributed by atoms with E-state index in [0.717, 1.165) is 10.2 Å². The first-order chi connectivity index (χ1) is 11.5. The summed E-state index contributed by atoms with van der Waals surface area (Å²) >= 11 is 1.37. The van der Waals surface area contributed by atoms with Crippen LogP contribution in [-0.4, -0.2) is 21.0 Å². The average molecular weight is 340 g/mol. The molecule has 0 atom stereocenters. The molecule has 1 N–H and O–H groups in total. The van der Waals surface area contributed by atoms with Gasteiger partial charge < -0.3 is 5.11 Å². The number of benzene rings is 2. The number of nitro benzene ring substituents is 1. The van der Waals surface area contributed by atoms with Crippen LogP contribution >= 0.6 is 11.3 Å². The van der Waals surface area contributed by atoms with E-state index >= 15 is 0 Å². The summed E-state index contributed by atoms with van der Waals surface area (Å²) < 4.78 is 0.936. The fourth-order valence-electron chi connectivity index (χ4n) is 2.32. The van der Waals surface area contributed by atoms with Gasteiger partial charge in [-0.2, -0.15) is 0 Å². The summed E-state index contributed by atoms with van der Waals surface area (Å²) in [7, 11) is 0.